The molecule has 1 saturated carbocycles. The Morgan fingerprint density at radius 2 is 1.84 bits per heavy atom. The minimum atomic E-state index is 0.00103. The monoisotopic (exact) mass is 550 g/mol. The molecule has 1 heterocycles. The molecule has 5 rings (SSSR count). The summed E-state index contributed by atoms with van der Waals surface area (Å²) in [5.74, 6) is 1.79. The molecule has 1 aromatic heterocycles. The number of nitrogens with zero attached hydrogens (tertiary/aromatic N) is 1. The van der Waals surface area contributed by atoms with Crippen LogP contribution in [0, 0.1) is 0 Å². The molecule has 1 fully saturated rings. The number of thiophene rings is 1. The third kappa shape index (κ3) is 5.49. The zero-order valence-electron chi connectivity index (χ0n) is 22.3. The summed E-state index contributed by atoms with van der Waals surface area (Å²) in [5.41, 5.74) is 3.42. The van der Waals surface area contributed by atoms with E-state index in [2.05, 4.69) is 23.5 Å². The van der Waals surface area contributed by atoms with E-state index in [1.54, 1.807) is 14.2 Å². The highest BCUT2D eigenvalue weighted by atomic mass is 35.5. The first-order chi connectivity index (χ1) is 18.5. The number of methoxy groups -OCH3 is 2. The molecule has 38 heavy (non-hydrogen) atoms. The van der Waals surface area contributed by atoms with Gasteiger partial charge in [-0.2, -0.15) is 0 Å². The minimum absolute atomic E-state index is 0.00103. The number of fused-ring (bicyclic) bond motifs is 1. The summed E-state index contributed by atoms with van der Waals surface area (Å²) in [7, 11) is 5.43. The molecule has 0 atom stereocenters. The van der Waals surface area contributed by atoms with Crippen LogP contribution in [0.15, 0.2) is 60.4 Å². The van der Waals surface area contributed by atoms with Crippen LogP contribution in [0.5, 0.6) is 5.75 Å². The van der Waals surface area contributed by atoms with Crippen molar-refractivity contribution < 1.29 is 14.3 Å². The second-order valence-electron chi connectivity index (χ2n) is 10.0. The molecule has 0 aliphatic heterocycles. The second kappa shape index (κ2) is 11.9. The Morgan fingerprint density at radius 1 is 1.05 bits per heavy atom. The highest BCUT2D eigenvalue weighted by Crippen LogP contribution is 2.38. The average molecular weight is 551 g/mol. The third-order valence-corrected chi connectivity index (χ3v) is 9.56. The number of allylic oxidation sites excluding steroid dienone is 4. The Balaban J connectivity index is 1.50. The van der Waals surface area contributed by atoms with Gasteiger partial charge in [-0.05, 0) is 74.6 Å². The van der Waals surface area contributed by atoms with E-state index >= 15 is 0 Å². The van der Waals surface area contributed by atoms with Crippen LogP contribution < -0.4 is 10.1 Å². The van der Waals surface area contributed by atoms with E-state index in [4.69, 9.17) is 21.1 Å². The van der Waals surface area contributed by atoms with E-state index in [-0.39, 0.29) is 11.9 Å². The van der Waals surface area contributed by atoms with Gasteiger partial charge in [0.25, 0.3) is 5.91 Å². The summed E-state index contributed by atoms with van der Waals surface area (Å²) >= 11 is 8.28. The number of hydrogen-bond donors (Lipinski definition) is 1. The highest BCUT2D eigenvalue weighted by Gasteiger charge is 2.32. The van der Waals surface area contributed by atoms with E-state index < -0.39 is 0 Å². The van der Waals surface area contributed by atoms with Gasteiger partial charge in [0.1, 0.15) is 10.6 Å². The fourth-order valence-electron chi connectivity index (χ4n) is 5.64. The number of benzene rings is 2. The maximum Gasteiger partial charge on any atom is 0.266 e. The molecule has 2 aliphatic rings. The molecule has 2 aliphatic carbocycles. The van der Waals surface area contributed by atoms with Gasteiger partial charge >= 0.3 is 0 Å². The summed E-state index contributed by atoms with van der Waals surface area (Å²) in [6.45, 7) is 0.474. The number of amides is 1. The van der Waals surface area contributed by atoms with Crippen molar-refractivity contribution in [3.8, 4) is 5.75 Å². The maximum atomic E-state index is 14.2. The van der Waals surface area contributed by atoms with Crippen LogP contribution in [-0.4, -0.2) is 44.2 Å². The van der Waals surface area contributed by atoms with Crippen LogP contribution in [0.25, 0.3) is 15.7 Å². The van der Waals surface area contributed by atoms with Gasteiger partial charge in [0.05, 0.1) is 25.0 Å². The predicted octanol–water partition coefficient (Wildman–Crippen LogP) is 7.44. The lowest BCUT2D eigenvalue weighted by molar-refractivity contribution is 0.0604. The molecule has 1 amide bonds. The molecule has 1 N–H and O–H groups in total. The van der Waals surface area contributed by atoms with Crippen LogP contribution in [0.4, 0.5) is 0 Å². The largest absolute Gasteiger partial charge is 0.501 e. The molecule has 2 aromatic carbocycles. The summed E-state index contributed by atoms with van der Waals surface area (Å²) in [5, 5.41) is 4.90. The van der Waals surface area contributed by atoms with E-state index in [1.165, 1.54) is 16.9 Å². The molecule has 0 radical (unpaired) electrons. The molecule has 0 spiro atoms. The van der Waals surface area contributed by atoms with Crippen molar-refractivity contribution in [2.24, 2.45) is 0 Å². The average Bonchev–Trinajstić information content (AvgIpc) is 3.32. The van der Waals surface area contributed by atoms with Gasteiger partial charge in [-0.3, -0.25) is 4.79 Å². The van der Waals surface area contributed by atoms with Crippen LogP contribution in [0.3, 0.4) is 0 Å². The van der Waals surface area contributed by atoms with E-state index in [0.717, 1.165) is 71.2 Å². The number of nitrogens with one attached hydrogen (secondary N) is 1. The highest BCUT2D eigenvalue weighted by molar-refractivity contribution is 7.21. The summed E-state index contributed by atoms with van der Waals surface area (Å²) in [6, 6.07) is 14.9. The number of hydrogen-bond acceptors (Lipinski definition) is 5. The van der Waals surface area contributed by atoms with Crippen molar-refractivity contribution in [3.63, 3.8) is 0 Å². The lowest BCUT2D eigenvalue weighted by Crippen LogP contribution is -2.44. The topological polar surface area (TPSA) is 50.8 Å². The second-order valence-corrected chi connectivity index (χ2v) is 11.5. The molecular formula is C31H35ClN2O3S. The standard InChI is InChI=1S/C31H35ClN2O3S/c1-33-23-11-13-24(14-12-23)34(31(35)30-29(32)26-6-4-5-7-28(26)38-30)19-22-18-21(10-17-27(22)37-3)20-8-15-25(36-2)16-9-20/h4-8,10,15,17-18,23-24,33H,9,11-14,16,19H2,1-3H3. The summed E-state index contributed by atoms with van der Waals surface area (Å²) in [6.07, 6.45) is 9.98. The van der Waals surface area contributed by atoms with E-state index in [1.807, 2.05) is 48.4 Å². The van der Waals surface area contributed by atoms with Gasteiger partial charge in [-0.25, -0.2) is 0 Å². The van der Waals surface area contributed by atoms with Gasteiger partial charge in [-0.1, -0.05) is 41.9 Å². The zero-order chi connectivity index (χ0) is 26.6. The van der Waals surface area contributed by atoms with E-state index in [9.17, 15) is 4.79 Å². The number of carbonyl (C=O) groups is 1. The smallest absolute Gasteiger partial charge is 0.266 e. The van der Waals surface area contributed by atoms with Crippen LogP contribution in [0.2, 0.25) is 5.02 Å². The normalized spacial score (nSPS) is 19.6. The van der Waals surface area contributed by atoms with Gasteiger partial charge in [0.15, 0.2) is 0 Å². The van der Waals surface area contributed by atoms with Crippen LogP contribution in [-0.2, 0) is 11.3 Å². The zero-order valence-corrected chi connectivity index (χ0v) is 23.8. The molecule has 0 saturated heterocycles. The Bertz CT molecular complexity index is 1370. The van der Waals surface area contributed by atoms with Crippen molar-refractivity contribution in [2.75, 3.05) is 21.3 Å². The maximum absolute atomic E-state index is 14.2. The van der Waals surface area contributed by atoms with Crippen LogP contribution in [0.1, 0.15) is 59.3 Å². The molecular weight excluding hydrogens is 516 g/mol. The van der Waals surface area contributed by atoms with Crippen molar-refractivity contribution in [1.82, 2.24) is 10.2 Å². The number of halogens is 1. The quantitative estimate of drug-likeness (QED) is 0.316. The molecule has 3 aromatic rings. The number of ether oxygens (including phenoxy) is 2. The summed E-state index contributed by atoms with van der Waals surface area (Å²) < 4.78 is 12.2. The first kappa shape index (κ1) is 26.8. The van der Waals surface area contributed by atoms with Crippen molar-refractivity contribution in [2.45, 2.75) is 57.2 Å². The molecule has 7 heteroatoms. The fourth-order valence-corrected chi connectivity index (χ4v) is 7.11. The SMILES string of the molecule is CNC1CCC(N(Cc2cc(C3=CC=C(OC)CC3)ccc2OC)C(=O)c2sc3ccccc3c2Cl)CC1. The fraction of sp³-hybridized carbons (Fsp3) is 0.387. The number of carbonyl (C=O) groups excluding carboxylic acids is 1. The van der Waals surface area contributed by atoms with Crippen molar-refractivity contribution in [1.29, 1.82) is 0 Å². The number of rotatable bonds is 8. The molecule has 0 bridgehead atoms. The molecule has 0 unspecified atom stereocenters. The van der Waals surface area contributed by atoms with Gasteiger partial charge in [0, 0.05) is 40.7 Å². The first-order valence-electron chi connectivity index (χ1n) is 13.3. The lowest BCUT2D eigenvalue weighted by Gasteiger charge is -2.37. The minimum Gasteiger partial charge on any atom is -0.501 e. The Kier molecular flexibility index (Phi) is 8.42. The van der Waals surface area contributed by atoms with Gasteiger partial charge < -0.3 is 19.7 Å². The Labute approximate surface area is 234 Å². The molecule has 200 valence electrons. The van der Waals surface area contributed by atoms with Gasteiger partial charge in [-0.15, -0.1) is 11.3 Å². The third-order valence-electron chi connectivity index (χ3n) is 7.90. The Morgan fingerprint density at radius 3 is 2.50 bits per heavy atom. The lowest BCUT2D eigenvalue weighted by atomic mass is 9.89. The van der Waals surface area contributed by atoms with Crippen molar-refractivity contribution in [3.05, 3.63) is 81.4 Å². The van der Waals surface area contributed by atoms with Gasteiger partial charge in [0.2, 0.25) is 0 Å². The summed E-state index contributed by atoms with van der Waals surface area (Å²) in [4.78, 5) is 16.9. The van der Waals surface area contributed by atoms with Crippen LogP contribution >= 0.6 is 22.9 Å². The predicted molar refractivity (Wildman–Crippen MR) is 157 cm³/mol. The van der Waals surface area contributed by atoms with E-state index in [0.29, 0.717) is 22.5 Å². The Hall–Kier alpha value is -2.80. The first-order valence-corrected chi connectivity index (χ1v) is 14.5. The molecule has 5 nitrogen and oxygen atoms in total. The van der Waals surface area contributed by atoms with Crippen molar-refractivity contribution >= 4 is 44.5 Å².